The van der Waals surface area contributed by atoms with E-state index in [2.05, 4.69) is 48.7 Å². The zero-order valence-electron chi connectivity index (χ0n) is 10.1. The maximum absolute atomic E-state index is 3.51. The van der Waals surface area contributed by atoms with Gasteiger partial charge in [-0.1, -0.05) is 49.8 Å². The summed E-state index contributed by atoms with van der Waals surface area (Å²) in [5, 5.41) is 3.51. The third-order valence-corrected chi connectivity index (χ3v) is 3.24. The molecule has 1 unspecified atom stereocenters. The molecule has 1 nitrogen and oxygen atoms in total. The second-order valence-electron chi connectivity index (χ2n) is 4.49. The number of unbranched alkanes of at least 4 members (excludes halogenated alkanes) is 1. The number of nitrogens with one attached hydrogen (secondary N) is 1. The Balaban J connectivity index is 1.78. The van der Waals surface area contributed by atoms with Gasteiger partial charge in [-0.3, -0.25) is 0 Å². The predicted molar refractivity (Wildman–Crippen MR) is 70.6 cm³/mol. The van der Waals surface area contributed by atoms with Gasteiger partial charge in [-0.25, -0.2) is 0 Å². The molecule has 1 aromatic rings. The molecule has 1 aliphatic carbocycles. The first-order chi connectivity index (χ1) is 7.92. The topological polar surface area (TPSA) is 12.0 Å². The van der Waals surface area contributed by atoms with Crippen molar-refractivity contribution >= 4 is 6.08 Å². The average molecular weight is 215 g/mol. The Morgan fingerprint density at radius 1 is 1.19 bits per heavy atom. The van der Waals surface area contributed by atoms with Gasteiger partial charge >= 0.3 is 0 Å². The van der Waals surface area contributed by atoms with Crippen molar-refractivity contribution in [3.8, 4) is 0 Å². The second kappa shape index (κ2) is 5.86. The van der Waals surface area contributed by atoms with Gasteiger partial charge in [0.25, 0.3) is 0 Å². The molecule has 0 spiro atoms. The Labute approximate surface area is 98.6 Å². The van der Waals surface area contributed by atoms with Crippen LogP contribution < -0.4 is 5.32 Å². The van der Waals surface area contributed by atoms with Crippen molar-refractivity contribution in [2.24, 2.45) is 0 Å². The Kier molecular flexibility index (Phi) is 4.17. The van der Waals surface area contributed by atoms with E-state index in [1.807, 2.05) is 0 Å². The molecule has 0 aliphatic heterocycles. The van der Waals surface area contributed by atoms with Crippen LogP contribution in [0.4, 0.5) is 0 Å². The minimum atomic E-state index is 0.630. The highest BCUT2D eigenvalue weighted by Gasteiger charge is 2.15. The lowest BCUT2D eigenvalue weighted by Gasteiger charge is -2.11. The van der Waals surface area contributed by atoms with E-state index >= 15 is 0 Å². The van der Waals surface area contributed by atoms with Crippen LogP contribution in [0.1, 0.15) is 43.2 Å². The fourth-order valence-electron chi connectivity index (χ4n) is 2.26. The van der Waals surface area contributed by atoms with Crippen LogP contribution >= 0.6 is 0 Å². The van der Waals surface area contributed by atoms with Crippen molar-refractivity contribution in [2.75, 3.05) is 13.1 Å². The van der Waals surface area contributed by atoms with Crippen LogP contribution in [0.5, 0.6) is 0 Å². The first kappa shape index (κ1) is 11.4. The highest BCUT2D eigenvalue weighted by molar-refractivity contribution is 5.62. The summed E-state index contributed by atoms with van der Waals surface area (Å²) in [5.41, 5.74) is 2.90. The molecular weight excluding hydrogens is 194 g/mol. The van der Waals surface area contributed by atoms with Gasteiger partial charge in [-0.05, 0) is 37.1 Å². The van der Waals surface area contributed by atoms with Crippen molar-refractivity contribution in [3.63, 3.8) is 0 Å². The van der Waals surface area contributed by atoms with Gasteiger partial charge in [-0.2, -0.15) is 0 Å². The summed E-state index contributed by atoms with van der Waals surface area (Å²) >= 11 is 0. The molecule has 1 N–H and O–H groups in total. The molecule has 0 heterocycles. The third kappa shape index (κ3) is 2.73. The summed E-state index contributed by atoms with van der Waals surface area (Å²) in [6, 6.07) is 8.72. The van der Waals surface area contributed by atoms with Gasteiger partial charge in [0.1, 0.15) is 0 Å². The quantitative estimate of drug-likeness (QED) is 0.715. The first-order valence-electron chi connectivity index (χ1n) is 6.39. The summed E-state index contributed by atoms with van der Waals surface area (Å²) < 4.78 is 0. The number of hydrogen-bond acceptors (Lipinski definition) is 1. The van der Waals surface area contributed by atoms with Crippen molar-refractivity contribution in [3.05, 3.63) is 41.5 Å². The second-order valence-corrected chi connectivity index (χ2v) is 4.49. The summed E-state index contributed by atoms with van der Waals surface area (Å²) in [6.45, 7) is 4.52. The van der Waals surface area contributed by atoms with Crippen molar-refractivity contribution in [1.29, 1.82) is 0 Å². The van der Waals surface area contributed by atoms with Gasteiger partial charge in [0.05, 0.1) is 0 Å². The fourth-order valence-corrected chi connectivity index (χ4v) is 2.26. The van der Waals surface area contributed by atoms with E-state index in [9.17, 15) is 0 Å². The molecule has 0 amide bonds. The Morgan fingerprint density at radius 3 is 2.94 bits per heavy atom. The number of benzene rings is 1. The number of allylic oxidation sites excluding steroid dienone is 1. The van der Waals surface area contributed by atoms with Crippen molar-refractivity contribution in [1.82, 2.24) is 5.32 Å². The van der Waals surface area contributed by atoms with E-state index in [1.54, 1.807) is 0 Å². The lowest BCUT2D eigenvalue weighted by molar-refractivity contribution is 0.599. The standard InChI is InChI=1S/C15H21N/c1-2-3-11-16-12-10-14-9-8-13-6-4-5-7-15(13)14/h4-9,14,16H,2-3,10-12H2,1H3. The van der Waals surface area contributed by atoms with E-state index in [4.69, 9.17) is 0 Å². The van der Waals surface area contributed by atoms with E-state index in [1.165, 1.54) is 30.4 Å². The molecule has 0 bridgehead atoms. The summed E-state index contributed by atoms with van der Waals surface area (Å²) in [6.07, 6.45) is 8.38. The molecule has 1 heteroatoms. The summed E-state index contributed by atoms with van der Waals surface area (Å²) in [5.74, 6) is 0.630. The molecule has 1 atom stereocenters. The third-order valence-electron chi connectivity index (χ3n) is 3.24. The molecule has 0 saturated carbocycles. The largest absolute Gasteiger partial charge is 0.317 e. The van der Waals surface area contributed by atoms with Crippen LogP contribution in [0.3, 0.4) is 0 Å². The fraction of sp³-hybridized carbons (Fsp3) is 0.467. The van der Waals surface area contributed by atoms with Crippen molar-refractivity contribution < 1.29 is 0 Å². The number of hydrogen-bond donors (Lipinski definition) is 1. The Hall–Kier alpha value is -1.08. The van der Waals surface area contributed by atoms with Crippen LogP contribution in [0.2, 0.25) is 0 Å². The Bertz CT molecular complexity index is 354. The van der Waals surface area contributed by atoms with Gasteiger partial charge < -0.3 is 5.32 Å². The monoisotopic (exact) mass is 215 g/mol. The van der Waals surface area contributed by atoms with Crippen LogP contribution in [-0.2, 0) is 0 Å². The maximum Gasteiger partial charge on any atom is 0.00392 e. The zero-order valence-corrected chi connectivity index (χ0v) is 10.1. The molecule has 1 aliphatic rings. The lowest BCUT2D eigenvalue weighted by Crippen LogP contribution is -2.18. The van der Waals surface area contributed by atoms with E-state index in [0.29, 0.717) is 5.92 Å². The highest BCUT2D eigenvalue weighted by Crippen LogP contribution is 2.31. The van der Waals surface area contributed by atoms with Crippen LogP contribution in [-0.4, -0.2) is 13.1 Å². The van der Waals surface area contributed by atoms with Gasteiger partial charge in [0.15, 0.2) is 0 Å². The van der Waals surface area contributed by atoms with E-state index in [0.717, 1.165) is 13.1 Å². The number of rotatable bonds is 6. The lowest BCUT2D eigenvalue weighted by atomic mass is 9.98. The van der Waals surface area contributed by atoms with E-state index in [-0.39, 0.29) is 0 Å². The SMILES string of the molecule is CCCCNCCC1C=Cc2ccccc21. The minimum absolute atomic E-state index is 0.630. The molecule has 0 radical (unpaired) electrons. The zero-order chi connectivity index (χ0) is 11.2. The van der Waals surface area contributed by atoms with Gasteiger partial charge in [0.2, 0.25) is 0 Å². The molecule has 86 valence electrons. The van der Waals surface area contributed by atoms with Crippen molar-refractivity contribution in [2.45, 2.75) is 32.1 Å². The number of fused-ring (bicyclic) bond motifs is 1. The summed E-state index contributed by atoms with van der Waals surface area (Å²) in [4.78, 5) is 0. The molecule has 16 heavy (non-hydrogen) atoms. The highest BCUT2D eigenvalue weighted by atomic mass is 14.8. The molecule has 0 saturated heterocycles. The molecule has 0 fully saturated rings. The smallest absolute Gasteiger partial charge is 0.00392 e. The molecule has 0 aromatic heterocycles. The van der Waals surface area contributed by atoms with E-state index < -0.39 is 0 Å². The molecule has 1 aromatic carbocycles. The van der Waals surface area contributed by atoms with Crippen LogP contribution in [0, 0.1) is 0 Å². The summed E-state index contributed by atoms with van der Waals surface area (Å²) in [7, 11) is 0. The normalized spacial score (nSPS) is 17.7. The van der Waals surface area contributed by atoms with Crippen LogP contribution in [0.25, 0.3) is 6.08 Å². The maximum atomic E-state index is 3.51. The minimum Gasteiger partial charge on any atom is -0.317 e. The van der Waals surface area contributed by atoms with Crippen LogP contribution in [0.15, 0.2) is 30.3 Å². The Morgan fingerprint density at radius 2 is 2.06 bits per heavy atom. The van der Waals surface area contributed by atoms with Gasteiger partial charge in [0, 0.05) is 5.92 Å². The first-order valence-corrected chi connectivity index (χ1v) is 6.39. The van der Waals surface area contributed by atoms with Gasteiger partial charge in [-0.15, -0.1) is 0 Å². The predicted octanol–water partition coefficient (Wildman–Crippen LogP) is 3.58. The molecular formula is C15H21N. The average Bonchev–Trinajstić information content (AvgIpc) is 2.73. The molecule has 2 rings (SSSR count).